The number of pyridine rings is 1. The van der Waals surface area contributed by atoms with E-state index in [1.54, 1.807) is 4.57 Å². The van der Waals surface area contributed by atoms with Crippen LogP contribution in [0.2, 0.25) is 0 Å². The van der Waals surface area contributed by atoms with E-state index in [1.807, 2.05) is 11.8 Å². The Hall–Kier alpha value is -2.16. The molecule has 204 valence electrons. The van der Waals surface area contributed by atoms with Crippen molar-refractivity contribution in [1.29, 1.82) is 0 Å². The van der Waals surface area contributed by atoms with Gasteiger partial charge in [-0.25, -0.2) is 14.2 Å². The van der Waals surface area contributed by atoms with Crippen LogP contribution in [0.5, 0.6) is 0 Å². The maximum atomic E-state index is 14.1. The van der Waals surface area contributed by atoms with Gasteiger partial charge in [0, 0.05) is 24.5 Å². The topological polar surface area (TPSA) is 86.0 Å². The number of halogens is 1. The summed E-state index contributed by atoms with van der Waals surface area (Å²) in [5.74, 6) is 1.96. The van der Waals surface area contributed by atoms with Gasteiger partial charge in [-0.3, -0.25) is 18.7 Å². The number of nitrogens with one attached hydrogen (secondary N) is 1. The maximum absolute atomic E-state index is 14.1. The first kappa shape index (κ1) is 27.9. The SMILES string of the molecule is CCCCCC(C)CCC(=O)NC1CCC(n2c(=O)c3cc(F)cnc3n(C3CCSCC3)c2=O)CC1. The minimum absolute atomic E-state index is 0.0407. The molecule has 37 heavy (non-hydrogen) atoms. The lowest BCUT2D eigenvalue weighted by Crippen LogP contribution is -2.46. The molecule has 4 rings (SSSR count). The van der Waals surface area contributed by atoms with Gasteiger partial charge >= 0.3 is 5.69 Å². The Morgan fingerprint density at radius 3 is 2.49 bits per heavy atom. The molecule has 0 radical (unpaired) electrons. The molecule has 0 bridgehead atoms. The lowest BCUT2D eigenvalue weighted by atomic mass is 9.90. The minimum Gasteiger partial charge on any atom is -0.353 e. The zero-order chi connectivity index (χ0) is 26.4. The second-order valence-corrected chi connectivity index (χ2v) is 12.1. The summed E-state index contributed by atoms with van der Waals surface area (Å²) in [6.45, 7) is 4.42. The van der Waals surface area contributed by atoms with Gasteiger partial charge in [-0.05, 0) is 68.4 Å². The third-order valence-electron chi connectivity index (χ3n) is 8.07. The molecule has 0 aromatic carbocycles. The van der Waals surface area contributed by atoms with Gasteiger partial charge in [-0.15, -0.1) is 0 Å². The van der Waals surface area contributed by atoms with Crippen LogP contribution in [0.4, 0.5) is 4.39 Å². The van der Waals surface area contributed by atoms with Crippen molar-refractivity contribution in [3.05, 3.63) is 38.9 Å². The lowest BCUT2D eigenvalue weighted by Gasteiger charge is -2.31. The Morgan fingerprint density at radius 1 is 1.08 bits per heavy atom. The maximum Gasteiger partial charge on any atom is 0.333 e. The van der Waals surface area contributed by atoms with Crippen molar-refractivity contribution in [3.63, 3.8) is 0 Å². The molecule has 0 spiro atoms. The van der Waals surface area contributed by atoms with Crippen molar-refractivity contribution >= 4 is 28.7 Å². The van der Waals surface area contributed by atoms with Crippen LogP contribution in [-0.4, -0.2) is 37.6 Å². The fourth-order valence-corrected chi connectivity index (χ4v) is 6.92. The third kappa shape index (κ3) is 6.84. The Bertz CT molecular complexity index is 1180. The average molecular weight is 533 g/mol. The summed E-state index contributed by atoms with van der Waals surface area (Å²) in [6, 6.07) is 0.973. The Morgan fingerprint density at radius 2 is 1.78 bits per heavy atom. The second-order valence-electron chi connectivity index (χ2n) is 10.9. The number of hydrogen-bond donors (Lipinski definition) is 1. The number of carbonyl (C=O) groups excluding carboxylic acids is 1. The van der Waals surface area contributed by atoms with Crippen LogP contribution in [0.15, 0.2) is 21.9 Å². The first-order valence-electron chi connectivity index (χ1n) is 14.1. The molecule has 9 heteroatoms. The standard InChI is InChI=1S/C28H41FN4O3S/c1-3-4-5-6-19(2)7-12-25(34)31-21-8-10-22(11-9-21)33-27(35)24-17-20(29)18-30-26(24)32(28(33)36)23-13-15-37-16-14-23/h17-19,21-23H,3-16H2,1-2H3,(H,31,34). The number of fused-ring (bicyclic) bond motifs is 1. The van der Waals surface area contributed by atoms with Gasteiger partial charge in [0.25, 0.3) is 5.56 Å². The molecular weight excluding hydrogens is 491 g/mol. The molecule has 1 saturated carbocycles. The molecular formula is C28H41FN4O3S. The molecule has 7 nitrogen and oxygen atoms in total. The summed E-state index contributed by atoms with van der Waals surface area (Å²) in [7, 11) is 0. The quantitative estimate of drug-likeness (QED) is 0.416. The third-order valence-corrected chi connectivity index (χ3v) is 9.12. The number of unbranched alkanes of at least 4 members (excludes halogenated alkanes) is 2. The zero-order valence-corrected chi connectivity index (χ0v) is 23.0. The molecule has 1 saturated heterocycles. The van der Waals surface area contributed by atoms with E-state index in [4.69, 9.17) is 0 Å². The van der Waals surface area contributed by atoms with Crippen LogP contribution >= 0.6 is 11.8 Å². The fourth-order valence-electron chi connectivity index (χ4n) is 5.84. The van der Waals surface area contributed by atoms with Gasteiger partial charge in [0.05, 0.1) is 11.6 Å². The van der Waals surface area contributed by atoms with Crippen molar-refractivity contribution in [2.75, 3.05) is 11.5 Å². The first-order chi connectivity index (χ1) is 17.9. The van der Waals surface area contributed by atoms with E-state index in [2.05, 4.69) is 24.1 Å². The second kappa shape index (κ2) is 13.1. The smallest absolute Gasteiger partial charge is 0.333 e. The van der Waals surface area contributed by atoms with E-state index in [0.717, 1.165) is 37.0 Å². The summed E-state index contributed by atoms with van der Waals surface area (Å²) >= 11 is 1.86. The van der Waals surface area contributed by atoms with Gasteiger partial charge in [0.15, 0.2) is 0 Å². The number of aromatic nitrogens is 3. The highest BCUT2D eigenvalue weighted by molar-refractivity contribution is 7.99. The van der Waals surface area contributed by atoms with Crippen molar-refractivity contribution in [2.24, 2.45) is 5.92 Å². The predicted molar refractivity (Wildman–Crippen MR) is 148 cm³/mol. The number of rotatable bonds is 10. The van der Waals surface area contributed by atoms with Crippen LogP contribution in [0.1, 0.15) is 103 Å². The molecule has 1 amide bonds. The van der Waals surface area contributed by atoms with Crippen molar-refractivity contribution in [2.45, 2.75) is 109 Å². The van der Waals surface area contributed by atoms with Crippen molar-refractivity contribution in [3.8, 4) is 0 Å². The van der Waals surface area contributed by atoms with E-state index in [-0.39, 0.29) is 40.8 Å². The Balaban J connectivity index is 1.44. The van der Waals surface area contributed by atoms with Gasteiger partial charge in [-0.1, -0.05) is 39.5 Å². The van der Waals surface area contributed by atoms with Gasteiger partial charge < -0.3 is 5.32 Å². The van der Waals surface area contributed by atoms with Crippen molar-refractivity contribution in [1.82, 2.24) is 19.4 Å². The van der Waals surface area contributed by atoms with E-state index in [9.17, 15) is 18.8 Å². The summed E-state index contributed by atoms with van der Waals surface area (Å²) in [5, 5.41) is 3.34. The number of carbonyl (C=O) groups is 1. The normalized spacial score (nSPS) is 21.7. The molecule has 1 aliphatic heterocycles. The molecule has 1 aliphatic carbocycles. The molecule has 2 aromatic heterocycles. The molecule has 2 aliphatic rings. The minimum atomic E-state index is -0.577. The van der Waals surface area contributed by atoms with Crippen LogP contribution < -0.4 is 16.6 Å². The van der Waals surface area contributed by atoms with E-state index in [0.29, 0.717) is 38.0 Å². The van der Waals surface area contributed by atoms with Gasteiger partial charge in [-0.2, -0.15) is 11.8 Å². The molecule has 1 unspecified atom stereocenters. The highest BCUT2D eigenvalue weighted by Crippen LogP contribution is 2.30. The summed E-state index contributed by atoms with van der Waals surface area (Å²) in [5.41, 5.74) is -0.509. The number of hydrogen-bond acceptors (Lipinski definition) is 5. The number of thioether (sulfide) groups is 1. The number of nitrogens with zero attached hydrogens (tertiary/aromatic N) is 3. The van der Waals surface area contributed by atoms with E-state index in [1.165, 1.54) is 36.3 Å². The molecule has 1 N–H and O–H groups in total. The van der Waals surface area contributed by atoms with Crippen LogP contribution in [0, 0.1) is 11.7 Å². The zero-order valence-electron chi connectivity index (χ0n) is 22.2. The molecule has 2 fully saturated rings. The largest absolute Gasteiger partial charge is 0.353 e. The monoisotopic (exact) mass is 532 g/mol. The van der Waals surface area contributed by atoms with E-state index >= 15 is 0 Å². The van der Waals surface area contributed by atoms with Crippen LogP contribution in [0.3, 0.4) is 0 Å². The summed E-state index contributed by atoms with van der Waals surface area (Å²) in [4.78, 5) is 43.8. The first-order valence-corrected chi connectivity index (χ1v) is 15.2. The van der Waals surface area contributed by atoms with Crippen molar-refractivity contribution < 1.29 is 9.18 Å². The van der Waals surface area contributed by atoms with Gasteiger partial charge in [0.1, 0.15) is 11.5 Å². The van der Waals surface area contributed by atoms with E-state index < -0.39 is 11.4 Å². The Labute approximate surface area is 222 Å². The van der Waals surface area contributed by atoms with Crippen LogP contribution in [0.25, 0.3) is 11.0 Å². The summed E-state index contributed by atoms with van der Waals surface area (Å²) in [6.07, 6.45) is 11.7. The molecule has 3 heterocycles. The summed E-state index contributed by atoms with van der Waals surface area (Å²) < 4.78 is 17.1. The highest BCUT2D eigenvalue weighted by atomic mass is 32.2. The average Bonchev–Trinajstić information content (AvgIpc) is 2.90. The molecule has 1 atom stereocenters. The predicted octanol–water partition coefficient (Wildman–Crippen LogP) is 5.36. The van der Waals surface area contributed by atoms with Gasteiger partial charge in [0.2, 0.25) is 5.91 Å². The Kier molecular flexibility index (Phi) is 9.84. The van der Waals surface area contributed by atoms with Crippen LogP contribution in [-0.2, 0) is 4.79 Å². The highest BCUT2D eigenvalue weighted by Gasteiger charge is 2.29. The molecule has 2 aromatic rings. The lowest BCUT2D eigenvalue weighted by molar-refractivity contribution is -0.122. The number of amides is 1. The fraction of sp³-hybridized carbons (Fsp3) is 0.714.